The van der Waals surface area contributed by atoms with Crippen molar-refractivity contribution in [1.82, 2.24) is 19.8 Å². The van der Waals surface area contributed by atoms with Crippen LogP contribution in [0, 0.1) is 5.41 Å². The van der Waals surface area contributed by atoms with E-state index in [1.165, 1.54) is 0 Å². The van der Waals surface area contributed by atoms with Crippen LogP contribution in [0.25, 0.3) is 11.0 Å². The van der Waals surface area contributed by atoms with Gasteiger partial charge in [0.15, 0.2) is 0 Å². The largest absolute Gasteiger partial charge is 0.381 e. The van der Waals surface area contributed by atoms with E-state index in [4.69, 9.17) is 4.74 Å². The average molecular weight is 364 g/mol. The number of hydrogen-bond acceptors (Lipinski definition) is 3. The maximum Gasteiger partial charge on any atom is 0.320 e. The smallest absolute Gasteiger partial charge is 0.320 e. The molecule has 0 radical (unpaired) electrons. The van der Waals surface area contributed by atoms with Gasteiger partial charge in [-0.1, -0.05) is 12.1 Å². The highest BCUT2D eigenvalue weighted by atomic mass is 19.3. The number of para-hydroxylation sites is 2. The molecule has 1 aromatic carbocycles. The van der Waals surface area contributed by atoms with E-state index in [2.05, 4.69) is 10.3 Å². The molecule has 2 saturated heterocycles. The quantitative estimate of drug-likeness (QED) is 0.909. The summed E-state index contributed by atoms with van der Waals surface area (Å²) in [6.45, 7) is 1.84. The Hall–Kier alpha value is -2.22. The number of ether oxygens (including phenoxy) is 1. The van der Waals surface area contributed by atoms with E-state index in [0.29, 0.717) is 24.1 Å². The SMILES string of the molecule is CC(NC(=O)N1CC2(CCOCC2)C1)c1nc2ccccc2n1C(F)F. The maximum atomic E-state index is 13.6. The van der Waals surface area contributed by atoms with Gasteiger partial charge in [-0.25, -0.2) is 9.78 Å². The number of likely N-dealkylation sites (tertiary alicyclic amines) is 1. The zero-order valence-electron chi connectivity index (χ0n) is 14.6. The molecule has 6 nitrogen and oxygen atoms in total. The summed E-state index contributed by atoms with van der Waals surface area (Å²) in [5, 5.41) is 2.82. The topological polar surface area (TPSA) is 59.4 Å². The summed E-state index contributed by atoms with van der Waals surface area (Å²) < 4.78 is 33.4. The number of nitrogens with one attached hydrogen (secondary N) is 1. The molecule has 0 bridgehead atoms. The molecule has 0 saturated carbocycles. The molecular formula is C18H22F2N4O2. The van der Waals surface area contributed by atoms with Crippen LogP contribution < -0.4 is 5.32 Å². The van der Waals surface area contributed by atoms with Gasteiger partial charge in [0, 0.05) is 31.7 Å². The molecule has 1 aromatic heterocycles. The van der Waals surface area contributed by atoms with Crippen molar-refractivity contribution in [3.05, 3.63) is 30.1 Å². The van der Waals surface area contributed by atoms with Gasteiger partial charge in [-0.2, -0.15) is 8.78 Å². The van der Waals surface area contributed by atoms with Gasteiger partial charge >= 0.3 is 12.6 Å². The number of aromatic nitrogens is 2. The second-order valence-electron chi connectivity index (χ2n) is 7.25. The normalized spacial score (nSPS) is 20.4. The van der Waals surface area contributed by atoms with E-state index < -0.39 is 12.6 Å². The summed E-state index contributed by atoms with van der Waals surface area (Å²) in [7, 11) is 0. The van der Waals surface area contributed by atoms with Crippen molar-refractivity contribution in [3.8, 4) is 0 Å². The van der Waals surface area contributed by atoms with Gasteiger partial charge in [0.05, 0.1) is 17.1 Å². The molecule has 8 heteroatoms. The Balaban J connectivity index is 1.47. The Kier molecular flexibility index (Phi) is 4.30. The summed E-state index contributed by atoms with van der Waals surface area (Å²) in [5.41, 5.74) is 1.03. The second kappa shape index (κ2) is 6.50. The number of rotatable bonds is 3. The Bertz CT molecular complexity index is 809. The molecule has 2 aliphatic rings. The molecule has 26 heavy (non-hydrogen) atoms. The Morgan fingerprint density at radius 1 is 1.27 bits per heavy atom. The summed E-state index contributed by atoms with van der Waals surface area (Å²) in [4.78, 5) is 18.5. The monoisotopic (exact) mass is 364 g/mol. The molecule has 2 fully saturated rings. The van der Waals surface area contributed by atoms with Crippen LogP contribution >= 0.6 is 0 Å². The lowest BCUT2D eigenvalue weighted by atomic mass is 9.73. The molecule has 1 unspecified atom stereocenters. The molecule has 2 aromatic rings. The summed E-state index contributed by atoms with van der Waals surface area (Å²) in [5.74, 6) is 0.163. The Labute approximate surface area is 150 Å². The first-order chi connectivity index (χ1) is 12.5. The second-order valence-corrected chi connectivity index (χ2v) is 7.25. The van der Waals surface area contributed by atoms with Gasteiger partial charge < -0.3 is 15.0 Å². The van der Waals surface area contributed by atoms with Gasteiger partial charge in [-0.05, 0) is 31.9 Å². The van der Waals surface area contributed by atoms with Crippen LogP contribution in [-0.4, -0.2) is 46.8 Å². The number of carbonyl (C=O) groups is 1. The number of nitrogens with zero attached hydrogens (tertiary/aromatic N) is 3. The highest BCUT2D eigenvalue weighted by molar-refractivity contribution is 5.78. The van der Waals surface area contributed by atoms with Crippen molar-refractivity contribution in [2.75, 3.05) is 26.3 Å². The molecule has 140 valence electrons. The van der Waals surface area contributed by atoms with Crippen LogP contribution in [0.4, 0.5) is 13.6 Å². The van der Waals surface area contributed by atoms with Crippen LogP contribution in [-0.2, 0) is 4.74 Å². The van der Waals surface area contributed by atoms with Crippen LogP contribution in [0.2, 0.25) is 0 Å². The first-order valence-electron chi connectivity index (χ1n) is 8.87. The third kappa shape index (κ3) is 2.92. The number of halogens is 2. The lowest BCUT2D eigenvalue weighted by molar-refractivity contribution is -0.0619. The summed E-state index contributed by atoms with van der Waals surface area (Å²) in [6, 6.07) is 5.90. The van der Waals surface area contributed by atoms with Crippen molar-refractivity contribution in [1.29, 1.82) is 0 Å². The van der Waals surface area contributed by atoms with Gasteiger partial charge in [-0.3, -0.25) is 4.57 Å². The number of carbonyl (C=O) groups excluding carboxylic acids is 1. The van der Waals surface area contributed by atoms with Crippen molar-refractivity contribution >= 4 is 17.1 Å². The molecule has 1 atom stereocenters. The fourth-order valence-corrected chi connectivity index (χ4v) is 3.94. The predicted molar refractivity (Wildman–Crippen MR) is 92.0 cm³/mol. The van der Waals surface area contributed by atoms with E-state index in [1.807, 2.05) is 0 Å². The molecule has 0 aliphatic carbocycles. The number of alkyl halides is 2. The highest BCUT2D eigenvalue weighted by Crippen LogP contribution is 2.39. The third-order valence-corrected chi connectivity index (χ3v) is 5.44. The predicted octanol–water partition coefficient (Wildman–Crippen LogP) is 3.31. The van der Waals surface area contributed by atoms with Crippen LogP contribution in [0.5, 0.6) is 0 Å². The van der Waals surface area contributed by atoms with E-state index in [1.54, 1.807) is 36.1 Å². The summed E-state index contributed by atoms with van der Waals surface area (Å²) >= 11 is 0. The molecule has 1 spiro atoms. The molecule has 2 aliphatic heterocycles. The number of hydrogen-bond donors (Lipinski definition) is 1. The van der Waals surface area contributed by atoms with Crippen molar-refractivity contribution in [3.63, 3.8) is 0 Å². The highest BCUT2D eigenvalue weighted by Gasteiger charge is 2.46. The number of benzene rings is 1. The molecular weight excluding hydrogens is 342 g/mol. The van der Waals surface area contributed by atoms with E-state index in [9.17, 15) is 13.6 Å². The zero-order chi connectivity index (χ0) is 18.3. The zero-order valence-corrected chi connectivity index (χ0v) is 14.6. The number of imidazole rings is 1. The van der Waals surface area contributed by atoms with Crippen molar-refractivity contribution in [2.45, 2.75) is 32.4 Å². The van der Waals surface area contributed by atoms with Gasteiger partial charge in [0.25, 0.3) is 0 Å². The standard InChI is InChI=1S/C18H22F2N4O2/c1-12(15-22-13-4-2-3-5-14(13)24(15)16(19)20)21-17(25)23-10-18(11-23)6-8-26-9-7-18/h2-5,12,16H,6-11H2,1H3,(H,21,25). The average Bonchev–Trinajstić information content (AvgIpc) is 3.00. The van der Waals surface area contributed by atoms with Gasteiger partial charge in [-0.15, -0.1) is 0 Å². The minimum atomic E-state index is -2.72. The van der Waals surface area contributed by atoms with E-state index in [-0.39, 0.29) is 17.3 Å². The first-order valence-corrected chi connectivity index (χ1v) is 8.87. The number of urea groups is 1. The fourth-order valence-electron chi connectivity index (χ4n) is 3.94. The molecule has 3 heterocycles. The summed E-state index contributed by atoms with van der Waals surface area (Å²) in [6.07, 6.45) is 1.93. The van der Waals surface area contributed by atoms with Crippen molar-refractivity contribution < 1.29 is 18.3 Å². The number of fused-ring (bicyclic) bond motifs is 1. The molecule has 4 rings (SSSR count). The molecule has 1 N–H and O–H groups in total. The lowest BCUT2D eigenvalue weighted by Crippen LogP contribution is -2.62. The van der Waals surface area contributed by atoms with Gasteiger partial charge in [0.2, 0.25) is 0 Å². The van der Waals surface area contributed by atoms with E-state index >= 15 is 0 Å². The minimum absolute atomic E-state index is 0.163. The number of amides is 2. The Morgan fingerprint density at radius 2 is 1.96 bits per heavy atom. The maximum absolute atomic E-state index is 13.6. The van der Waals surface area contributed by atoms with Gasteiger partial charge in [0.1, 0.15) is 5.82 Å². The van der Waals surface area contributed by atoms with Crippen molar-refractivity contribution in [2.24, 2.45) is 5.41 Å². The molecule has 2 amide bonds. The lowest BCUT2D eigenvalue weighted by Gasteiger charge is -2.52. The first kappa shape index (κ1) is 17.2. The van der Waals surface area contributed by atoms with Crippen LogP contribution in [0.15, 0.2) is 24.3 Å². The Morgan fingerprint density at radius 3 is 2.65 bits per heavy atom. The third-order valence-electron chi connectivity index (χ3n) is 5.44. The van der Waals surface area contributed by atoms with E-state index in [0.717, 1.165) is 30.6 Å². The van der Waals surface area contributed by atoms with Crippen LogP contribution in [0.3, 0.4) is 0 Å². The fraction of sp³-hybridized carbons (Fsp3) is 0.556. The van der Waals surface area contributed by atoms with Crippen LogP contribution in [0.1, 0.15) is 38.2 Å². The minimum Gasteiger partial charge on any atom is -0.381 e.